The van der Waals surface area contributed by atoms with Gasteiger partial charge in [0.15, 0.2) is 5.65 Å². The summed E-state index contributed by atoms with van der Waals surface area (Å²) < 4.78 is 7.00. The molecule has 0 fully saturated rings. The maximum Gasteiger partial charge on any atom is 0.168 e. The largest absolute Gasteiger partial charge is 0.497 e. The number of hydrogen-bond acceptors (Lipinski definition) is 5. The van der Waals surface area contributed by atoms with Crippen molar-refractivity contribution in [3.63, 3.8) is 0 Å². The standard InChI is InChI=1S/C20H18ClN5O/c1-27-17-8-6-16(7-9-17)26-20-18(12-25-26)19(23-13-24-20)22-11-10-14-2-4-15(21)5-3-14/h2-9,12-13H,10-11H2,1H3,(H,22,23,24). The summed E-state index contributed by atoms with van der Waals surface area (Å²) in [5.41, 5.74) is 2.88. The number of fused-ring (bicyclic) bond motifs is 1. The Morgan fingerprint density at radius 1 is 1.04 bits per heavy atom. The Labute approximate surface area is 161 Å². The number of nitrogens with one attached hydrogen (secondary N) is 1. The van der Waals surface area contributed by atoms with E-state index in [-0.39, 0.29) is 0 Å². The molecule has 0 amide bonds. The van der Waals surface area contributed by atoms with Crippen LogP contribution < -0.4 is 10.1 Å². The minimum absolute atomic E-state index is 0.746. The van der Waals surface area contributed by atoms with Gasteiger partial charge in [-0.1, -0.05) is 23.7 Å². The lowest BCUT2D eigenvalue weighted by molar-refractivity contribution is 0.414. The van der Waals surface area contributed by atoms with Gasteiger partial charge in [-0.2, -0.15) is 5.10 Å². The second kappa shape index (κ2) is 7.63. The predicted octanol–water partition coefficient (Wildman–Crippen LogP) is 4.13. The predicted molar refractivity (Wildman–Crippen MR) is 107 cm³/mol. The molecule has 0 atom stereocenters. The molecule has 0 aliphatic carbocycles. The van der Waals surface area contributed by atoms with Crippen LogP contribution >= 0.6 is 11.6 Å². The monoisotopic (exact) mass is 379 g/mol. The van der Waals surface area contributed by atoms with E-state index in [0.717, 1.165) is 46.3 Å². The van der Waals surface area contributed by atoms with Crippen LogP contribution in [0.1, 0.15) is 5.56 Å². The van der Waals surface area contributed by atoms with Crippen molar-refractivity contribution in [3.05, 3.63) is 71.6 Å². The third kappa shape index (κ3) is 3.71. The molecule has 0 unspecified atom stereocenters. The molecular formula is C20H18ClN5O. The lowest BCUT2D eigenvalue weighted by atomic mass is 10.1. The Kier molecular flexibility index (Phi) is 4.89. The van der Waals surface area contributed by atoms with E-state index in [9.17, 15) is 0 Å². The highest BCUT2D eigenvalue weighted by atomic mass is 35.5. The molecule has 2 heterocycles. The van der Waals surface area contributed by atoms with Gasteiger partial charge in [-0.15, -0.1) is 0 Å². The van der Waals surface area contributed by atoms with Gasteiger partial charge in [-0.05, 0) is 48.4 Å². The second-order valence-corrected chi connectivity index (χ2v) is 6.45. The van der Waals surface area contributed by atoms with Crippen LogP contribution in [0.5, 0.6) is 5.75 Å². The smallest absolute Gasteiger partial charge is 0.168 e. The van der Waals surface area contributed by atoms with Crippen LogP contribution in [0.3, 0.4) is 0 Å². The summed E-state index contributed by atoms with van der Waals surface area (Å²) in [4.78, 5) is 8.77. The highest BCUT2D eigenvalue weighted by Crippen LogP contribution is 2.23. The Balaban J connectivity index is 1.54. The zero-order chi connectivity index (χ0) is 18.6. The van der Waals surface area contributed by atoms with E-state index in [4.69, 9.17) is 16.3 Å². The van der Waals surface area contributed by atoms with E-state index in [1.807, 2.05) is 48.5 Å². The molecule has 0 aliphatic heterocycles. The zero-order valence-electron chi connectivity index (χ0n) is 14.8. The molecule has 1 N–H and O–H groups in total. The van der Waals surface area contributed by atoms with Gasteiger partial charge in [0.1, 0.15) is 17.9 Å². The van der Waals surface area contributed by atoms with E-state index in [0.29, 0.717) is 0 Å². The first-order valence-corrected chi connectivity index (χ1v) is 8.94. The molecule has 4 rings (SSSR count). The van der Waals surface area contributed by atoms with E-state index in [1.165, 1.54) is 5.56 Å². The molecule has 0 spiro atoms. The van der Waals surface area contributed by atoms with Gasteiger partial charge in [0, 0.05) is 11.6 Å². The summed E-state index contributed by atoms with van der Waals surface area (Å²) in [6.45, 7) is 0.751. The van der Waals surface area contributed by atoms with Gasteiger partial charge in [0.2, 0.25) is 0 Å². The molecule has 0 saturated carbocycles. The molecule has 7 heteroatoms. The highest BCUT2D eigenvalue weighted by molar-refractivity contribution is 6.30. The van der Waals surface area contributed by atoms with E-state index in [1.54, 1.807) is 24.3 Å². The second-order valence-electron chi connectivity index (χ2n) is 6.02. The Hall–Kier alpha value is -3.12. The minimum Gasteiger partial charge on any atom is -0.497 e. The number of nitrogens with zero attached hydrogens (tertiary/aromatic N) is 4. The van der Waals surface area contributed by atoms with E-state index in [2.05, 4.69) is 20.4 Å². The molecule has 136 valence electrons. The molecule has 0 bridgehead atoms. The van der Waals surface area contributed by atoms with Crippen molar-refractivity contribution in [1.29, 1.82) is 0 Å². The van der Waals surface area contributed by atoms with Gasteiger partial charge in [-0.25, -0.2) is 14.6 Å². The summed E-state index contributed by atoms with van der Waals surface area (Å²) in [6, 6.07) is 15.5. The number of rotatable bonds is 6. The van der Waals surface area contributed by atoms with Crippen LogP contribution in [-0.2, 0) is 6.42 Å². The number of halogens is 1. The number of aromatic nitrogens is 4. The highest BCUT2D eigenvalue weighted by Gasteiger charge is 2.11. The first-order chi connectivity index (χ1) is 13.2. The van der Waals surface area contributed by atoms with Crippen LogP contribution in [0.25, 0.3) is 16.7 Å². The van der Waals surface area contributed by atoms with Crippen molar-refractivity contribution >= 4 is 28.5 Å². The Morgan fingerprint density at radius 3 is 2.56 bits per heavy atom. The van der Waals surface area contributed by atoms with Crippen molar-refractivity contribution in [2.24, 2.45) is 0 Å². The zero-order valence-corrected chi connectivity index (χ0v) is 15.5. The normalized spacial score (nSPS) is 10.9. The topological polar surface area (TPSA) is 64.9 Å². The molecule has 0 aliphatic rings. The van der Waals surface area contributed by atoms with Gasteiger partial charge >= 0.3 is 0 Å². The van der Waals surface area contributed by atoms with Gasteiger partial charge < -0.3 is 10.1 Å². The molecule has 27 heavy (non-hydrogen) atoms. The first-order valence-electron chi connectivity index (χ1n) is 8.56. The van der Waals surface area contributed by atoms with Crippen LogP contribution in [0.2, 0.25) is 5.02 Å². The fourth-order valence-corrected chi connectivity index (χ4v) is 3.00. The fraction of sp³-hybridized carbons (Fsp3) is 0.150. The number of benzene rings is 2. The number of methoxy groups -OCH3 is 1. The number of anilines is 1. The van der Waals surface area contributed by atoms with E-state index >= 15 is 0 Å². The Bertz CT molecular complexity index is 1040. The van der Waals surface area contributed by atoms with Gasteiger partial charge in [0.05, 0.1) is 24.4 Å². The summed E-state index contributed by atoms with van der Waals surface area (Å²) in [5.74, 6) is 1.57. The molecule has 4 aromatic rings. The summed E-state index contributed by atoms with van der Waals surface area (Å²) in [7, 11) is 1.65. The van der Waals surface area contributed by atoms with Gasteiger partial charge in [0.25, 0.3) is 0 Å². The third-order valence-corrected chi connectivity index (χ3v) is 4.55. The molecule has 2 aromatic heterocycles. The third-order valence-electron chi connectivity index (χ3n) is 4.30. The lowest BCUT2D eigenvalue weighted by Gasteiger charge is -2.07. The van der Waals surface area contributed by atoms with Crippen LogP contribution in [0.4, 0.5) is 5.82 Å². The van der Waals surface area contributed by atoms with E-state index < -0.39 is 0 Å². The first kappa shape index (κ1) is 17.3. The van der Waals surface area contributed by atoms with Crippen molar-refractivity contribution in [2.45, 2.75) is 6.42 Å². The van der Waals surface area contributed by atoms with Crippen LogP contribution in [0.15, 0.2) is 61.1 Å². The molecule has 0 radical (unpaired) electrons. The van der Waals surface area contributed by atoms with Gasteiger partial charge in [-0.3, -0.25) is 0 Å². The Morgan fingerprint density at radius 2 is 1.81 bits per heavy atom. The summed E-state index contributed by atoms with van der Waals surface area (Å²) in [5, 5.41) is 9.48. The SMILES string of the molecule is COc1ccc(-n2ncc3c(NCCc4ccc(Cl)cc4)ncnc32)cc1. The quantitative estimate of drug-likeness (QED) is 0.545. The van der Waals surface area contributed by atoms with Crippen molar-refractivity contribution in [1.82, 2.24) is 19.7 Å². The molecule has 0 saturated heterocycles. The minimum atomic E-state index is 0.746. The van der Waals surface area contributed by atoms with Crippen LogP contribution in [-0.4, -0.2) is 33.4 Å². The summed E-state index contributed by atoms with van der Waals surface area (Å²) in [6.07, 6.45) is 4.20. The number of ether oxygens (including phenoxy) is 1. The van der Waals surface area contributed by atoms with Crippen molar-refractivity contribution < 1.29 is 4.74 Å². The maximum atomic E-state index is 5.93. The fourth-order valence-electron chi connectivity index (χ4n) is 2.87. The maximum absolute atomic E-state index is 5.93. The van der Waals surface area contributed by atoms with Crippen molar-refractivity contribution in [3.8, 4) is 11.4 Å². The van der Waals surface area contributed by atoms with Crippen molar-refractivity contribution in [2.75, 3.05) is 19.0 Å². The molecular weight excluding hydrogens is 362 g/mol. The average Bonchev–Trinajstić information content (AvgIpc) is 3.14. The molecule has 2 aromatic carbocycles. The number of hydrogen-bond donors (Lipinski definition) is 1. The summed E-state index contributed by atoms with van der Waals surface area (Å²) >= 11 is 5.93. The molecule has 6 nitrogen and oxygen atoms in total. The average molecular weight is 380 g/mol. The lowest BCUT2D eigenvalue weighted by Crippen LogP contribution is -2.07. The van der Waals surface area contributed by atoms with Crippen LogP contribution in [0, 0.1) is 0 Å².